The van der Waals surface area contributed by atoms with Crippen LogP contribution in [-0.4, -0.2) is 29.8 Å². The molecule has 2 aromatic heterocycles. The molecule has 1 saturated heterocycles. The topological polar surface area (TPSA) is 82.8 Å². The third-order valence-electron chi connectivity index (χ3n) is 6.77. The molecular formula is C28H30ClN5O2. The Bertz CT molecular complexity index is 1260. The molecule has 2 aliphatic rings. The van der Waals surface area contributed by atoms with E-state index >= 15 is 0 Å². The van der Waals surface area contributed by atoms with Crippen molar-refractivity contribution in [1.82, 2.24) is 10.3 Å². The first-order valence-electron chi connectivity index (χ1n) is 12.4. The quantitative estimate of drug-likeness (QED) is 0.462. The van der Waals surface area contributed by atoms with Crippen molar-refractivity contribution in [2.75, 3.05) is 23.3 Å². The lowest BCUT2D eigenvalue weighted by Gasteiger charge is -2.33. The molecule has 2 aliphatic heterocycles. The van der Waals surface area contributed by atoms with Gasteiger partial charge in [0.2, 0.25) is 5.91 Å². The average molecular weight is 504 g/mol. The van der Waals surface area contributed by atoms with Crippen molar-refractivity contribution in [2.45, 2.75) is 32.9 Å². The van der Waals surface area contributed by atoms with Crippen molar-refractivity contribution in [1.29, 1.82) is 0 Å². The lowest BCUT2D eigenvalue weighted by Crippen LogP contribution is -2.41. The number of furan rings is 1. The summed E-state index contributed by atoms with van der Waals surface area (Å²) in [7, 11) is 0. The van der Waals surface area contributed by atoms with Crippen LogP contribution in [0.4, 0.5) is 11.5 Å². The summed E-state index contributed by atoms with van der Waals surface area (Å²) < 4.78 is 5.31. The van der Waals surface area contributed by atoms with Crippen LogP contribution in [0.5, 0.6) is 0 Å². The molecule has 2 N–H and O–H groups in total. The number of fused-ring (bicyclic) bond motifs is 1. The van der Waals surface area contributed by atoms with Crippen LogP contribution in [0.15, 0.2) is 70.4 Å². The molecule has 1 unspecified atom stereocenters. The van der Waals surface area contributed by atoms with Crippen molar-refractivity contribution in [3.05, 3.63) is 82.9 Å². The van der Waals surface area contributed by atoms with Gasteiger partial charge < -0.3 is 20.0 Å². The van der Waals surface area contributed by atoms with Gasteiger partial charge in [-0.05, 0) is 42.7 Å². The number of nitrogens with zero attached hydrogens (tertiary/aromatic N) is 3. The van der Waals surface area contributed by atoms with Crippen molar-refractivity contribution >= 4 is 40.9 Å². The van der Waals surface area contributed by atoms with E-state index in [0.717, 1.165) is 65.2 Å². The minimum atomic E-state index is -0.00392. The summed E-state index contributed by atoms with van der Waals surface area (Å²) in [6, 6.07) is 13.5. The van der Waals surface area contributed by atoms with Crippen LogP contribution < -0.4 is 15.5 Å². The third kappa shape index (κ3) is 5.46. The number of rotatable bonds is 6. The minimum absolute atomic E-state index is 0.00392. The highest BCUT2D eigenvalue weighted by Gasteiger charge is 2.27. The first kappa shape index (κ1) is 24.1. The predicted molar refractivity (Wildman–Crippen MR) is 144 cm³/mol. The zero-order valence-corrected chi connectivity index (χ0v) is 21.0. The van der Waals surface area contributed by atoms with Gasteiger partial charge in [0.1, 0.15) is 17.4 Å². The molecule has 0 aliphatic carbocycles. The van der Waals surface area contributed by atoms with Crippen LogP contribution in [-0.2, 0) is 17.9 Å². The number of aromatic nitrogens is 1. The molecular weight excluding hydrogens is 474 g/mol. The molecule has 8 heteroatoms. The lowest BCUT2D eigenvalue weighted by molar-refractivity contribution is -0.125. The van der Waals surface area contributed by atoms with Crippen molar-refractivity contribution < 1.29 is 9.21 Å². The van der Waals surface area contributed by atoms with Gasteiger partial charge in [-0.1, -0.05) is 48.9 Å². The summed E-state index contributed by atoms with van der Waals surface area (Å²) in [6.07, 6.45) is 9.31. The van der Waals surface area contributed by atoms with E-state index in [2.05, 4.69) is 34.6 Å². The highest BCUT2D eigenvalue weighted by molar-refractivity contribution is 6.31. The van der Waals surface area contributed by atoms with Crippen LogP contribution >= 0.6 is 11.6 Å². The van der Waals surface area contributed by atoms with Gasteiger partial charge >= 0.3 is 0 Å². The van der Waals surface area contributed by atoms with Crippen LogP contribution in [0.2, 0.25) is 5.02 Å². The first-order valence-corrected chi connectivity index (χ1v) is 12.7. The second-order valence-electron chi connectivity index (χ2n) is 9.22. The van der Waals surface area contributed by atoms with Gasteiger partial charge in [-0.25, -0.2) is 4.98 Å². The van der Waals surface area contributed by atoms with Crippen molar-refractivity contribution in [3.8, 4) is 0 Å². The minimum Gasteiger partial charge on any atom is -0.467 e. The van der Waals surface area contributed by atoms with E-state index < -0.39 is 0 Å². The number of anilines is 2. The molecule has 5 rings (SSSR count). The number of halogens is 1. The van der Waals surface area contributed by atoms with Crippen molar-refractivity contribution in [3.63, 3.8) is 0 Å². The van der Waals surface area contributed by atoms with E-state index in [1.54, 1.807) is 6.26 Å². The number of nitrogens with one attached hydrogen (secondary N) is 2. The van der Waals surface area contributed by atoms with E-state index in [9.17, 15) is 4.79 Å². The Morgan fingerprint density at radius 2 is 2.06 bits per heavy atom. The molecule has 3 aromatic rings. The van der Waals surface area contributed by atoms with Crippen molar-refractivity contribution in [2.24, 2.45) is 16.8 Å². The Labute approximate surface area is 216 Å². The number of amidine groups is 1. The maximum Gasteiger partial charge on any atom is 0.223 e. The third-order valence-corrected chi connectivity index (χ3v) is 7.14. The summed E-state index contributed by atoms with van der Waals surface area (Å²) in [5, 5.41) is 7.26. The molecule has 4 heterocycles. The van der Waals surface area contributed by atoms with Gasteiger partial charge in [-0.3, -0.25) is 9.79 Å². The molecule has 1 atom stereocenters. The van der Waals surface area contributed by atoms with E-state index in [0.29, 0.717) is 13.1 Å². The van der Waals surface area contributed by atoms with Gasteiger partial charge in [-0.2, -0.15) is 0 Å². The number of pyridine rings is 1. The summed E-state index contributed by atoms with van der Waals surface area (Å²) >= 11 is 6.32. The zero-order valence-electron chi connectivity index (χ0n) is 20.3. The fourth-order valence-electron chi connectivity index (χ4n) is 4.64. The molecule has 0 saturated carbocycles. The molecule has 1 amide bonds. The highest BCUT2D eigenvalue weighted by atomic mass is 35.5. The predicted octanol–water partition coefficient (Wildman–Crippen LogP) is 5.53. The Hall–Kier alpha value is -3.58. The fourth-order valence-corrected chi connectivity index (χ4v) is 4.83. The first-order chi connectivity index (χ1) is 17.6. The largest absolute Gasteiger partial charge is 0.467 e. The van der Waals surface area contributed by atoms with Crippen LogP contribution in [0.1, 0.15) is 36.7 Å². The number of carbonyl (C=O) groups excluding carboxylic acids is 1. The van der Waals surface area contributed by atoms with Crippen LogP contribution in [0.3, 0.4) is 0 Å². The summed E-state index contributed by atoms with van der Waals surface area (Å²) in [4.78, 5) is 24.5. The summed E-state index contributed by atoms with van der Waals surface area (Å²) in [5.41, 5.74) is 3.03. The number of benzene rings is 1. The Kier molecular flexibility index (Phi) is 7.37. The number of hydrogen-bond donors (Lipinski definition) is 2. The molecule has 0 bridgehead atoms. The molecule has 186 valence electrons. The van der Waals surface area contributed by atoms with Gasteiger partial charge in [0.05, 0.1) is 25.0 Å². The number of amides is 1. The summed E-state index contributed by atoms with van der Waals surface area (Å²) in [6.45, 7) is 4.62. The Morgan fingerprint density at radius 1 is 1.22 bits per heavy atom. The molecule has 1 aromatic carbocycles. The fraction of sp³-hybridized carbons (Fsp3) is 0.321. The Balaban J connectivity index is 1.25. The van der Waals surface area contributed by atoms with Gasteiger partial charge in [0.15, 0.2) is 0 Å². The smallest absolute Gasteiger partial charge is 0.223 e. The number of aliphatic imine (C=N–C) groups is 1. The van der Waals surface area contributed by atoms with E-state index in [4.69, 9.17) is 26.0 Å². The molecule has 0 radical (unpaired) electrons. The second-order valence-corrected chi connectivity index (χ2v) is 9.63. The second kappa shape index (κ2) is 11.0. The molecule has 1 fully saturated rings. The maximum atomic E-state index is 12.6. The van der Waals surface area contributed by atoms with Gasteiger partial charge in [-0.15, -0.1) is 0 Å². The van der Waals surface area contributed by atoms with E-state index in [1.165, 1.54) is 0 Å². The molecule has 7 nitrogen and oxygen atoms in total. The summed E-state index contributed by atoms with van der Waals surface area (Å²) in [5.74, 6) is 2.80. The highest BCUT2D eigenvalue weighted by Crippen LogP contribution is 2.32. The van der Waals surface area contributed by atoms with Crippen LogP contribution in [0.25, 0.3) is 6.08 Å². The number of carbonyl (C=O) groups is 1. The maximum absolute atomic E-state index is 12.6. The molecule has 0 spiro atoms. The standard InChI is InChI=1S/C28H30ClN5O2/c1-19-8-9-23-25(33-26(19)31-17-21-5-2-3-7-24(21)29)10-13-30-27(23)34-14-11-20(12-15-34)28(35)32-18-22-6-4-16-36-22/h2-10,13,16,19-20H,11-12,14-15,17-18H2,1H3,(H,31,33)(H,32,35). The Morgan fingerprint density at radius 3 is 2.83 bits per heavy atom. The van der Waals surface area contributed by atoms with Gasteiger partial charge in [0, 0.05) is 41.7 Å². The van der Waals surface area contributed by atoms with Gasteiger partial charge in [0.25, 0.3) is 0 Å². The average Bonchev–Trinajstić information content (AvgIpc) is 3.37. The number of piperidine rings is 1. The SMILES string of the molecule is CC1C=Cc2c(ccnc2N2CCC(C(=O)NCc3ccco3)CC2)NC1=NCc1ccccc1Cl. The van der Waals surface area contributed by atoms with E-state index in [-0.39, 0.29) is 17.7 Å². The van der Waals surface area contributed by atoms with E-state index in [1.807, 2.05) is 48.7 Å². The number of hydrogen-bond acceptors (Lipinski definition) is 5. The molecule has 36 heavy (non-hydrogen) atoms. The normalized spacial score (nSPS) is 19.0. The van der Waals surface area contributed by atoms with Crippen LogP contribution in [0, 0.1) is 11.8 Å². The monoisotopic (exact) mass is 503 g/mol. The zero-order chi connectivity index (χ0) is 24.9. The lowest BCUT2D eigenvalue weighted by atomic mass is 9.95.